The number of hydrogen-bond acceptors (Lipinski definition) is 4. The topological polar surface area (TPSA) is 69.7 Å². The second kappa shape index (κ2) is 6.36. The van der Waals surface area contributed by atoms with Crippen molar-refractivity contribution in [3.63, 3.8) is 0 Å². The summed E-state index contributed by atoms with van der Waals surface area (Å²) in [6.07, 6.45) is 1.90. The summed E-state index contributed by atoms with van der Waals surface area (Å²) in [4.78, 5) is 14.4. The van der Waals surface area contributed by atoms with E-state index < -0.39 is 10.0 Å². The van der Waals surface area contributed by atoms with Crippen molar-refractivity contribution < 1.29 is 13.2 Å². The smallest absolute Gasteiger partial charge is 0.243 e. The zero-order valence-electron chi connectivity index (χ0n) is 12.4. The van der Waals surface area contributed by atoms with Gasteiger partial charge in [-0.1, -0.05) is 18.2 Å². The molecule has 1 amide bonds. The highest BCUT2D eigenvalue weighted by atomic mass is 32.2. The minimum absolute atomic E-state index is 0.0859. The highest BCUT2D eigenvalue weighted by Crippen LogP contribution is 2.18. The number of hydrogen-bond donors (Lipinski definition) is 1. The fraction of sp³-hybridized carbons (Fsp3) is 0.533. The number of nitrogens with one attached hydrogen (secondary N) is 1. The van der Waals surface area contributed by atoms with E-state index in [1.807, 2.05) is 0 Å². The maximum Gasteiger partial charge on any atom is 0.243 e. The summed E-state index contributed by atoms with van der Waals surface area (Å²) in [5, 5.41) is 3.20. The molecular weight excluding hydrogens is 302 g/mol. The highest BCUT2D eigenvalue weighted by Gasteiger charge is 2.33. The molecule has 1 N–H and O–H groups in total. The Morgan fingerprint density at radius 3 is 2.36 bits per heavy atom. The van der Waals surface area contributed by atoms with Crippen molar-refractivity contribution in [2.45, 2.75) is 23.8 Å². The van der Waals surface area contributed by atoms with E-state index in [9.17, 15) is 13.2 Å². The van der Waals surface area contributed by atoms with Gasteiger partial charge < -0.3 is 10.2 Å². The van der Waals surface area contributed by atoms with Gasteiger partial charge in [0.05, 0.1) is 10.9 Å². The molecule has 0 bridgehead atoms. The van der Waals surface area contributed by atoms with E-state index in [4.69, 9.17) is 0 Å². The molecule has 1 aromatic carbocycles. The van der Waals surface area contributed by atoms with Crippen LogP contribution in [0.25, 0.3) is 0 Å². The third-order valence-corrected chi connectivity index (χ3v) is 6.20. The quantitative estimate of drug-likeness (QED) is 0.867. The Labute approximate surface area is 131 Å². The van der Waals surface area contributed by atoms with Crippen LogP contribution in [0, 0.1) is 0 Å². The molecular formula is C15H21N3O3S. The number of sulfonamides is 1. The molecule has 0 spiro atoms. The molecule has 120 valence electrons. The molecule has 2 heterocycles. The molecule has 0 unspecified atom stereocenters. The molecule has 2 saturated heterocycles. The number of carbonyl (C=O) groups is 1. The van der Waals surface area contributed by atoms with Crippen LogP contribution in [-0.4, -0.2) is 62.3 Å². The van der Waals surface area contributed by atoms with Gasteiger partial charge in [0.15, 0.2) is 0 Å². The van der Waals surface area contributed by atoms with Gasteiger partial charge in [0.2, 0.25) is 15.9 Å². The van der Waals surface area contributed by atoms with Crippen LogP contribution in [0.4, 0.5) is 0 Å². The minimum atomic E-state index is -3.45. The van der Waals surface area contributed by atoms with Gasteiger partial charge in [-0.05, 0) is 31.5 Å². The molecule has 3 rings (SSSR count). The summed E-state index contributed by atoms with van der Waals surface area (Å²) >= 11 is 0. The molecule has 6 nitrogen and oxygen atoms in total. The van der Waals surface area contributed by atoms with E-state index in [2.05, 4.69) is 5.32 Å². The second-order valence-electron chi connectivity index (χ2n) is 5.69. The Morgan fingerprint density at radius 2 is 1.77 bits per heavy atom. The van der Waals surface area contributed by atoms with Crippen LogP contribution >= 0.6 is 0 Å². The first-order valence-corrected chi connectivity index (χ1v) is 9.10. The molecule has 2 fully saturated rings. The molecule has 22 heavy (non-hydrogen) atoms. The maximum absolute atomic E-state index is 12.5. The molecule has 2 aliphatic heterocycles. The fourth-order valence-corrected chi connectivity index (χ4v) is 4.45. The fourth-order valence-electron chi connectivity index (χ4n) is 3.01. The first-order chi connectivity index (χ1) is 10.6. The third kappa shape index (κ3) is 3.02. The van der Waals surface area contributed by atoms with Crippen molar-refractivity contribution in [1.82, 2.24) is 14.5 Å². The number of carbonyl (C=O) groups excluding carboxylic acids is 1. The van der Waals surface area contributed by atoms with Crippen LogP contribution in [0.3, 0.4) is 0 Å². The van der Waals surface area contributed by atoms with E-state index in [1.54, 1.807) is 35.2 Å². The van der Waals surface area contributed by atoms with Gasteiger partial charge in [-0.15, -0.1) is 0 Å². The maximum atomic E-state index is 12.5. The molecule has 0 radical (unpaired) electrons. The van der Waals surface area contributed by atoms with Gasteiger partial charge in [0.1, 0.15) is 0 Å². The Balaban J connectivity index is 1.63. The summed E-state index contributed by atoms with van der Waals surface area (Å²) < 4.78 is 26.5. The summed E-state index contributed by atoms with van der Waals surface area (Å²) in [7, 11) is -3.45. The standard InChI is InChI=1S/C15H21N3O3S/c19-15(14-7-4-8-16-14)17-9-11-18(12-10-17)22(20,21)13-5-2-1-3-6-13/h1-3,5-6,14,16H,4,7-12H2/t14-/m0/s1. The molecule has 0 aromatic heterocycles. The minimum Gasteiger partial charge on any atom is -0.339 e. The van der Waals surface area contributed by atoms with Crippen molar-refractivity contribution in [2.75, 3.05) is 32.7 Å². The Morgan fingerprint density at radius 1 is 1.09 bits per heavy atom. The van der Waals surface area contributed by atoms with Gasteiger partial charge in [-0.25, -0.2) is 8.42 Å². The average molecular weight is 323 g/mol. The highest BCUT2D eigenvalue weighted by molar-refractivity contribution is 7.89. The number of amides is 1. The zero-order valence-corrected chi connectivity index (χ0v) is 13.3. The Kier molecular flexibility index (Phi) is 4.46. The van der Waals surface area contributed by atoms with Crippen molar-refractivity contribution >= 4 is 15.9 Å². The largest absolute Gasteiger partial charge is 0.339 e. The van der Waals surface area contributed by atoms with Crippen molar-refractivity contribution in [1.29, 1.82) is 0 Å². The van der Waals surface area contributed by atoms with E-state index >= 15 is 0 Å². The van der Waals surface area contributed by atoms with Crippen LogP contribution in [0.1, 0.15) is 12.8 Å². The molecule has 2 aliphatic rings. The van der Waals surface area contributed by atoms with Crippen LogP contribution in [0.5, 0.6) is 0 Å². The lowest BCUT2D eigenvalue weighted by molar-refractivity contribution is -0.134. The van der Waals surface area contributed by atoms with E-state index in [-0.39, 0.29) is 11.9 Å². The predicted molar refractivity (Wildman–Crippen MR) is 82.8 cm³/mol. The second-order valence-corrected chi connectivity index (χ2v) is 7.63. The van der Waals surface area contributed by atoms with E-state index in [0.29, 0.717) is 31.1 Å². The monoisotopic (exact) mass is 323 g/mol. The zero-order chi connectivity index (χ0) is 15.6. The SMILES string of the molecule is O=C([C@@H]1CCCN1)N1CCN(S(=O)(=O)c2ccccc2)CC1. The summed E-state index contributed by atoms with van der Waals surface area (Å²) in [6.45, 7) is 2.52. The third-order valence-electron chi connectivity index (χ3n) is 4.29. The van der Waals surface area contributed by atoms with Crippen LogP contribution in [0.15, 0.2) is 35.2 Å². The summed E-state index contributed by atoms with van der Waals surface area (Å²) in [6, 6.07) is 8.36. The van der Waals surface area contributed by atoms with Crippen molar-refractivity contribution in [3.8, 4) is 0 Å². The number of benzene rings is 1. The van der Waals surface area contributed by atoms with Gasteiger partial charge >= 0.3 is 0 Å². The van der Waals surface area contributed by atoms with Crippen molar-refractivity contribution in [3.05, 3.63) is 30.3 Å². The molecule has 0 saturated carbocycles. The lowest BCUT2D eigenvalue weighted by atomic mass is 10.2. The summed E-state index contributed by atoms with van der Waals surface area (Å²) in [5.41, 5.74) is 0. The van der Waals surface area contributed by atoms with Crippen LogP contribution < -0.4 is 5.32 Å². The number of rotatable bonds is 3. The molecule has 1 atom stereocenters. The lowest BCUT2D eigenvalue weighted by Crippen LogP contribution is -2.54. The predicted octanol–water partition coefficient (Wildman–Crippen LogP) is 0.272. The summed E-state index contributed by atoms with van der Waals surface area (Å²) in [5.74, 6) is 0.106. The van der Waals surface area contributed by atoms with Crippen LogP contribution in [-0.2, 0) is 14.8 Å². The first-order valence-electron chi connectivity index (χ1n) is 7.66. The molecule has 1 aromatic rings. The van der Waals surface area contributed by atoms with Crippen molar-refractivity contribution in [2.24, 2.45) is 0 Å². The van der Waals surface area contributed by atoms with Gasteiger partial charge in [0, 0.05) is 26.2 Å². The molecule has 7 heteroatoms. The lowest BCUT2D eigenvalue weighted by Gasteiger charge is -2.35. The first kappa shape index (κ1) is 15.5. The Hall–Kier alpha value is -1.44. The molecule has 0 aliphatic carbocycles. The van der Waals surface area contributed by atoms with Gasteiger partial charge in [-0.2, -0.15) is 4.31 Å². The van der Waals surface area contributed by atoms with Gasteiger partial charge in [-0.3, -0.25) is 4.79 Å². The normalized spacial score (nSPS) is 23.6. The van der Waals surface area contributed by atoms with Crippen LogP contribution in [0.2, 0.25) is 0 Å². The number of nitrogens with zero attached hydrogens (tertiary/aromatic N) is 2. The Bertz CT molecular complexity index is 619. The van der Waals surface area contributed by atoms with Gasteiger partial charge in [0.25, 0.3) is 0 Å². The average Bonchev–Trinajstić information content (AvgIpc) is 3.09. The van der Waals surface area contributed by atoms with E-state index in [0.717, 1.165) is 19.4 Å². The number of piperazine rings is 1. The van der Waals surface area contributed by atoms with E-state index in [1.165, 1.54) is 4.31 Å².